The van der Waals surface area contributed by atoms with E-state index in [1.54, 1.807) is 24.1 Å². The molecule has 28 heavy (non-hydrogen) atoms. The minimum Gasteiger partial charge on any atom is -0.493 e. The highest BCUT2D eigenvalue weighted by molar-refractivity contribution is 7.71. The average molecular weight is 417 g/mol. The standard InChI is InChI=1S/C20H21ClN4O2S/c1-3-4-11-27-18-12-14(9-10-17(18)26-2)13-22-25-19(23-24-20(25)28)15-7-5-6-8-16(15)21/h5-10,12-13H,3-4,11H2,1-2H3,(H,24,28)/b22-13-. The molecule has 0 radical (unpaired) electrons. The summed E-state index contributed by atoms with van der Waals surface area (Å²) in [6, 6.07) is 13.0. The quantitative estimate of drug-likeness (QED) is 0.306. The summed E-state index contributed by atoms with van der Waals surface area (Å²) in [7, 11) is 1.62. The minimum atomic E-state index is 0.374. The number of nitrogens with zero attached hydrogens (tertiary/aromatic N) is 3. The van der Waals surface area contributed by atoms with Gasteiger partial charge in [-0.15, -0.1) is 0 Å². The van der Waals surface area contributed by atoms with Crippen LogP contribution in [0.15, 0.2) is 47.6 Å². The van der Waals surface area contributed by atoms with Crippen molar-refractivity contribution in [2.45, 2.75) is 19.8 Å². The molecule has 146 valence electrons. The molecule has 0 saturated carbocycles. The zero-order valence-corrected chi connectivity index (χ0v) is 17.3. The molecule has 0 aliphatic carbocycles. The van der Waals surface area contributed by atoms with E-state index in [2.05, 4.69) is 22.2 Å². The molecule has 0 spiro atoms. The topological polar surface area (TPSA) is 64.4 Å². The number of hydrogen-bond acceptors (Lipinski definition) is 5. The van der Waals surface area contributed by atoms with Crippen LogP contribution in [0.5, 0.6) is 11.5 Å². The van der Waals surface area contributed by atoms with Gasteiger partial charge in [0.1, 0.15) is 0 Å². The molecule has 1 N–H and O–H groups in total. The largest absolute Gasteiger partial charge is 0.493 e. The molecule has 0 amide bonds. The predicted octanol–water partition coefficient (Wildman–Crippen LogP) is 5.33. The molecule has 2 aromatic carbocycles. The summed E-state index contributed by atoms with van der Waals surface area (Å²) in [6.07, 6.45) is 3.73. The van der Waals surface area contributed by atoms with Gasteiger partial charge in [0.2, 0.25) is 4.77 Å². The van der Waals surface area contributed by atoms with E-state index in [0.717, 1.165) is 24.0 Å². The molecule has 3 aromatic rings. The van der Waals surface area contributed by atoms with Crippen molar-refractivity contribution >= 4 is 30.0 Å². The Morgan fingerprint density at radius 1 is 1.25 bits per heavy atom. The van der Waals surface area contributed by atoms with Crippen molar-refractivity contribution in [1.82, 2.24) is 14.9 Å². The van der Waals surface area contributed by atoms with E-state index in [9.17, 15) is 0 Å². The molecule has 0 aliphatic heterocycles. The van der Waals surface area contributed by atoms with E-state index >= 15 is 0 Å². The first-order chi connectivity index (χ1) is 13.6. The Morgan fingerprint density at radius 3 is 2.82 bits per heavy atom. The van der Waals surface area contributed by atoms with Crippen molar-refractivity contribution in [2.24, 2.45) is 5.10 Å². The van der Waals surface area contributed by atoms with Gasteiger partial charge in [-0.2, -0.15) is 14.9 Å². The van der Waals surface area contributed by atoms with E-state index in [4.69, 9.17) is 33.3 Å². The van der Waals surface area contributed by atoms with Crippen LogP contribution in [0, 0.1) is 4.77 Å². The SMILES string of the molecule is CCCCOc1cc(/C=N\n2c(-c3ccccc3Cl)n[nH]c2=S)ccc1OC. The first kappa shape index (κ1) is 20.1. The summed E-state index contributed by atoms with van der Waals surface area (Å²) in [6.45, 7) is 2.76. The lowest BCUT2D eigenvalue weighted by molar-refractivity contribution is 0.288. The summed E-state index contributed by atoms with van der Waals surface area (Å²) in [4.78, 5) is 0. The highest BCUT2D eigenvalue weighted by Crippen LogP contribution is 2.28. The van der Waals surface area contributed by atoms with Gasteiger partial charge in [0, 0.05) is 5.56 Å². The number of halogens is 1. The van der Waals surface area contributed by atoms with Crippen LogP contribution in [-0.2, 0) is 0 Å². The number of hydrogen-bond donors (Lipinski definition) is 1. The van der Waals surface area contributed by atoms with Crippen molar-refractivity contribution in [2.75, 3.05) is 13.7 Å². The van der Waals surface area contributed by atoms with E-state index in [1.165, 1.54) is 0 Å². The lowest BCUT2D eigenvalue weighted by Gasteiger charge is -2.11. The second-order valence-electron chi connectivity index (χ2n) is 6.00. The lowest BCUT2D eigenvalue weighted by atomic mass is 10.2. The number of ether oxygens (including phenoxy) is 2. The van der Waals surface area contributed by atoms with Gasteiger partial charge in [-0.05, 0) is 54.5 Å². The summed E-state index contributed by atoms with van der Waals surface area (Å²) >= 11 is 11.6. The summed E-state index contributed by atoms with van der Waals surface area (Å²) in [5.41, 5.74) is 1.59. The normalized spacial score (nSPS) is 11.1. The van der Waals surface area contributed by atoms with Gasteiger partial charge in [-0.1, -0.05) is 37.1 Å². The number of methoxy groups -OCH3 is 1. The third-order valence-electron chi connectivity index (χ3n) is 4.03. The number of H-pyrrole nitrogens is 1. The van der Waals surface area contributed by atoms with Crippen LogP contribution in [0.25, 0.3) is 11.4 Å². The fourth-order valence-corrected chi connectivity index (χ4v) is 2.95. The van der Waals surface area contributed by atoms with Crippen molar-refractivity contribution < 1.29 is 9.47 Å². The van der Waals surface area contributed by atoms with Crippen LogP contribution in [0.1, 0.15) is 25.3 Å². The van der Waals surface area contributed by atoms with Crippen LogP contribution < -0.4 is 9.47 Å². The minimum absolute atomic E-state index is 0.374. The molecule has 3 rings (SSSR count). The fourth-order valence-electron chi connectivity index (χ4n) is 2.55. The lowest BCUT2D eigenvalue weighted by Crippen LogP contribution is -2.00. The Morgan fingerprint density at radius 2 is 2.07 bits per heavy atom. The Labute approximate surface area is 173 Å². The maximum Gasteiger partial charge on any atom is 0.216 e. The van der Waals surface area contributed by atoms with Crippen molar-refractivity contribution in [1.29, 1.82) is 0 Å². The highest BCUT2D eigenvalue weighted by atomic mass is 35.5. The maximum atomic E-state index is 6.29. The third kappa shape index (κ3) is 4.61. The summed E-state index contributed by atoms with van der Waals surface area (Å²) < 4.78 is 13.1. The van der Waals surface area contributed by atoms with Gasteiger partial charge in [0.25, 0.3) is 0 Å². The molecular weight excluding hydrogens is 396 g/mol. The van der Waals surface area contributed by atoms with E-state index in [0.29, 0.717) is 33.7 Å². The monoisotopic (exact) mass is 416 g/mol. The van der Waals surface area contributed by atoms with Crippen LogP contribution in [0.2, 0.25) is 5.02 Å². The third-order valence-corrected chi connectivity index (χ3v) is 4.62. The summed E-state index contributed by atoms with van der Waals surface area (Å²) in [5, 5.41) is 12.1. The second kappa shape index (κ2) is 9.52. The Hall–Kier alpha value is -2.64. The molecule has 0 atom stereocenters. The van der Waals surface area contributed by atoms with Gasteiger partial charge in [-0.3, -0.25) is 0 Å². The molecule has 1 aromatic heterocycles. The first-order valence-corrected chi connectivity index (χ1v) is 9.70. The molecule has 0 fully saturated rings. The molecule has 1 heterocycles. The fraction of sp³-hybridized carbons (Fsp3) is 0.250. The number of nitrogens with one attached hydrogen (secondary N) is 1. The van der Waals surface area contributed by atoms with Crippen LogP contribution in [0.3, 0.4) is 0 Å². The molecule has 0 saturated heterocycles. The average Bonchev–Trinajstić information content (AvgIpc) is 3.07. The zero-order valence-electron chi connectivity index (χ0n) is 15.7. The molecular formula is C20H21ClN4O2S. The second-order valence-corrected chi connectivity index (χ2v) is 6.79. The van der Waals surface area contributed by atoms with E-state index < -0.39 is 0 Å². The van der Waals surface area contributed by atoms with E-state index in [-0.39, 0.29) is 0 Å². The predicted molar refractivity (Wildman–Crippen MR) is 114 cm³/mol. The number of unbranched alkanes of at least 4 members (excludes halogenated alkanes) is 1. The number of aromatic amines is 1. The van der Waals surface area contributed by atoms with Crippen LogP contribution in [-0.4, -0.2) is 34.8 Å². The highest BCUT2D eigenvalue weighted by Gasteiger charge is 2.11. The first-order valence-electron chi connectivity index (χ1n) is 8.91. The Bertz CT molecular complexity index is 1030. The smallest absolute Gasteiger partial charge is 0.216 e. The molecule has 0 bridgehead atoms. The Balaban J connectivity index is 1.91. The van der Waals surface area contributed by atoms with Crippen molar-refractivity contribution in [3.05, 3.63) is 57.8 Å². The molecule has 0 aliphatic rings. The Kier molecular flexibility index (Phi) is 6.84. The van der Waals surface area contributed by atoms with Crippen molar-refractivity contribution in [3.63, 3.8) is 0 Å². The number of rotatable bonds is 8. The summed E-state index contributed by atoms with van der Waals surface area (Å²) in [5.74, 6) is 1.91. The van der Waals surface area contributed by atoms with Crippen LogP contribution in [0.4, 0.5) is 0 Å². The van der Waals surface area contributed by atoms with Gasteiger partial charge in [0.15, 0.2) is 17.3 Å². The van der Waals surface area contributed by atoms with E-state index in [1.807, 2.05) is 36.4 Å². The molecule has 6 nitrogen and oxygen atoms in total. The number of benzene rings is 2. The zero-order chi connectivity index (χ0) is 19.9. The molecule has 8 heteroatoms. The number of aromatic nitrogens is 3. The maximum absolute atomic E-state index is 6.29. The van der Waals surface area contributed by atoms with Gasteiger partial charge >= 0.3 is 0 Å². The molecule has 0 unspecified atom stereocenters. The van der Waals surface area contributed by atoms with Crippen LogP contribution >= 0.6 is 23.8 Å². The van der Waals surface area contributed by atoms with Gasteiger partial charge < -0.3 is 9.47 Å². The van der Waals surface area contributed by atoms with Gasteiger partial charge in [-0.25, -0.2) is 5.10 Å². The van der Waals surface area contributed by atoms with Crippen molar-refractivity contribution in [3.8, 4) is 22.9 Å². The van der Waals surface area contributed by atoms with Gasteiger partial charge in [0.05, 0.1) is 25.0 Å².